The minimum Gasteiger partial charge on any atom is -0.326 e. The predicted octanol–water partition coefficient (Wildman–Crippen LogP) is 3.93. The van der Waals surface area contributed by atoms with Gasteiger partial charge >= 0.3 is 5.24 Å². The van der Waals surface area contributed by atoms with Gasteiger partial charge in [0.15, 0.2) is 0 Å². The SMILES string of the molecule is CN=C(c1ccc([N+](=O)[O-])cc1)N1CCCc2cc(C3=NN(C)C(=O)SC3)ccc21. The Morgan fingerprint density at radius 2 is 2.00 bits per heavy atom. The lowest BCUT2D eigenvalue weighted by Gasteiger charge is -2.32. The minimum absolute atomic E-state index is 0.0465. The summed E-state index contributed by atoms with van der Waals surface area (Å²) in [6.45, 7) is 0.823. The molecule has 2 heterocycles. The molecule has 8 nitrogen and oxygen atoms in total. The van der Waals surface area contributed by atoms with E-state index < -0.39 is 4.92 Å². The Kier molecular flexibility index (Phi) is 5.54. The van der Waals surface area contributed by atoms with Gasteiger partial charge in [-0.3, -0.25) is 19.9 Å². The van der Waals surface area contributed by atoms with Crippen LogP contribution in [-0.4, -0.2) is 53.1 Å². The fraction of sp³-hybridized carbons (Fsp3) is 0.286. The first-order valence-corrected chi connectivity index (χ1v) is 10.6. The molecule has 0 N–H and O–H groups in total. The number of anilines is 1. The number of non-ortho nitro benzene ring substituents is 1. The summed E-state index contributed by atoms with van der Waals surface area (Å²) in [5.41, 5.74) is 5.10. The Labute approximate surface area is 178 Å². The molecule has 0 aliphatic carbocycles. The van der Waals surface area contributed by atoms with Crippen molar-refractivity contribution < 1.29 is 9.72 Å². The quantitative estimate of drug-likeness (QED) is 0.323. The van der Waals surface area contributed by atoms with Gasteiger partial charge in [0.25, 0.3) is 5.69 Å². The number of nitro benzene ring substituents is 1. The zero-order valence-corrected chi connectivity index (χ0v) is 17.6. The van der Waals surface area contributed by atoms with Crippen molar-refractivity contribution in [2.75, 3.05) is 31.3 Å². The number of thioether (sulfide) groups is 1. The maximum Gasteiger partial charge on any atom is 0.301 e. The van der Waals surface area contributed by atoms with E-state index in [9.17, 15) is 14.9 Å². The summed E-state index contributed by atoms with van der Waals surface area (Å²) in [4.78, 5) is 28.9. The molecule has 0 saturated carbocycles. The highest BCUT2D eigenvalue weighted by atomic mass is 32.2. The summed E-state index contributed by atoms with van der Waals surface area (Å²) >= 11 is 1.25. The number of fused-ring (bicyclic) bond motifs is 1. The Balaban J connectivity index is 1.66. The van der Waals surface area contributed by atoms with Gasteiger partial charge in [-0.2, -0.15) is 5.10 Å². The van der Waals surface area contributed by atoms with Crippen molar-refractivity contribution in [2.45, 2.75) is 12.8 Å². The van der Waals surface area contributed by atoms with Gasteiger partial charge in [-0.05, 0) is 48.2 Å². The van der Waals surface area contributed by atoms with E-state index in [1.165, 1.54) is 34.5 Å². The molecule has 0 fully saturated rings. The molecule has 0 aromatic heterocycles. The normalized spacial score (nSPS) is 16.9. The summed E-state index contributed by atoms with van der Waals surface area (Å²) < 4.78 is 0. The van der Waals surface area contributed by atoms with Crippen LogP contribution in [0.25, 0.3) is 0 Å². The second kappa shape index (κ2) is 8.27. The van der Waals surface area contributed by atoms with E-state index in [0.29, 0.717) is 5.75 Å². The van der Waals surface area contributed by atoms with Gasteiger partial charge in [0.1, 0.15) is 5.84 Å². The zero-order valence-electron chi connectivity index (χ0n) is 16.7. The molecule has 0 radical (unpaired) electrons. The van der Waals surface area contributed by atoms with Crippen LogP contribution in [0.3, 0.4) is 0 Å². The number of nitrogens with zero attached hydrogens (tertiary/aromatic N) is 5. The molecular weight excluding hydrogens is 402 g/mol. The molecule has 2 aliphatic rings. The molecule has 154 valence electrons. The molecular formula is C21H21N5O3S. The Hall–Kier alpha value is -3.20. The van der Waals surface area contributed by atoms with Gasteiger partial charge in [-0.15, -0.1) is 0 Å². The third-order valence-corrected chi connectivity index (χ3v) is 6.13. The molecule has 0 bridgehead atoms. The highest BCUT2D eigenvalue weighted by Gasteiger charge is 2.24. The number of rotatable bonds is 3. The van der Waals surface area contributed by atoms with Gasteiger partial charge < -0.3 is 4.90 Å². The molecule has 0 spiro atoms. The van der Waals surface area contributed by atoms with Crippen molar-refractivity contribution >= 4 is 39.9 Å². The highest BCUT2D eigenvalue weighted by Crippen LogP contribution is 2.31. The number of hydrogen-bond acceptors (Lipinski definition) is 6. The maximum atomic E-state index is 11.7. The molecule has 1 amide bonds. The van der Waals surface area contributed by atoms with E-state index in [4.69, 9.17) is 0 Å². The largest absolute Gasteiger partial charge is 0.326 e. The van der Waals surface area contributed by atoms with Crippen LogP contribution in [0, 0.1) is 10.1 Å². The Bertz CT molecular complexity index is 1060. The minimum atomic E-state index is -0.401. The first-order valence-electron chi connectivity index (χ1n) is 9.58. The number of hydrazone groups is 1. The number of benzene rings is 2. The van der Waals surface area contributed by atoms with E-state index >= 15 is 0 Å². The van der Waals surface area contributed by atoms with Crippen LogP contribution in [0.1, 0.15) is 23.1 Å². The lowest BCUT2D eigenvalue weighted by Crippen LogP contribution is -2.36. The molecule has 2 aliphatic heterocycles. The molecule has 2 aromatic carbocycles. The van der Waals surface area contributed by atoms with E-state index in [-0.39, 0.29) is 10.9 Å². The molecule has 4 rings (SSSR count). The third kappa shape index (κ3) is 3.80. The number of nitro groups is 1. The van der Waals surface area contributed by atoms with Crippen LogP contribution in [0.15, 0.2) is 52.6 Å². The summed E-state index contributed by atoms with van der Waals surface area (Å²) in [5.74, 6) is 1.35. The van der Waals surface area contributed by atoms with Gasteiger partial charge in [-0.1, -0.05) is 17.8 Å². The number of amides is 1. The summed E-state index contributed by atoms with van der Waals surface area (Å²) in [7, 11) is 3.41. The topological polar surface area (TPSA) is 91.4 Å². The van der Waals surface area contributed by atoms with E-state index in [0.717, 1.165) is 47.7 Å². The summed E-state index contributed by atoms with van der Waals surface area (Å²) in [6, 6.07) is 12.7. The zero-order chi connectivity index (χ0) is 21.3. The maximum absolute atomic E-state index is 11.7. The predicted molar refractivity (Wildman–Crippen MR) is 120 cm³/mol. The Morgan fingerprint density at radius 3 is 2.67 bits per heavy atom. The van der Waals surface area contributed by atoms with Crippen LogP contribution in [-0.2, 0) is 6.42 Å². The summed E-state index contributed by atoms with van der Waals surface area (Å²) in [6.07, 6.45) is 1.92. The molecule has 30 heavy (non-hydrogen) atoms. The standard InChI is InChI=1S/C21H21N5O3S/c1-22-20(14-5-8-17(9-6-14)26(28)29)25-11-3-4-16-12-15(7-10-19(16)25)18-13-30-21(27)24(2)23-18/h5-10,12H,3-4,11,13H2,1-2H3. The van der Waals surface area contributed by atoms with Crippen molar-refractivity contribution in [2.24, 2.45) is 10.1 Å². The second-order valence-electron chi connectivity index (χ2n) is 7.07. The fourth-order valence-corrected chi connectivity index (χ4v) is 4.46. The molecule has 9 heteroatoms. The van der Waals surface area contributed by atoms with Crippen molar-refractivity contribution in [3.63, 3.8) is 0 Å². The van der Waals surface area contributed by atoms with Crippen LogP contribution in [0.5, 0.6) is 0 Å². The second-order valence-corrected chi connectivity index (χ2v) is 8.00. The van der Waals surface area contributed by atoms with Crippen molar-refractivity contribution in [3.8, 4) is 0 Å². The van der Waals surface area contributed by atoms with Crippen LogP contribution >= 0.6 is 11.8 Å². The molecule has 0 atom stereocenters. The van der Waals surface area contributed by atoms with Crippen LogP contribution < -0.4 is 4.90 Å². The molecule has 0 unspecified atom stereocenters. The van der Waals surface area contributed by atoms with E-state index in [1.54, 1.807) is 26.2 Å². The van der Waals surface area contributed by atoms with Gasteiger partial charge in [0.05, 0.1) is 10.6 Å². The first kappa shape index (κ1) is 20.1. The number of aliphatic imine (C=N–C) groups is 1. The highest BCUT2D eigenvalue weighted by molar-refractivity contribution is 8.14. The van der Waals surface area contributed by atoms with Gasteiger partial charge in [0, 0.05) is 49.8 Å². The number of amidine groups is 1. The molecule has 2 aromatic rings. The number of aryl methyl sites for hydroxylation is 1. The van der Waals surface area contributed by atoms with Crippen LogP contribution in [0.4, 0.5) is 16.2 Å². The average Bonchev–Trinajstić information content (AvgIpc) is 2.76. The van der Waals surface area contributed by atoms with Crippen LogP contribution in [0.2, 0.25) is 0 Å². The first-order chi connectivity index (χ1) is 14.5. The van der Waals surface area contributed by atoms with Crippen molar-refractivity contribution in [3.05, 3.63) is 69.3 Å². The lowest BCUT2D eigenvalue weighted by atomic mass is 9.97. The van der Waals surface area contributed by atoms with Gasteiger partial charge in [0.2, 0.25) is 0 Å². The van der Waals surface area contributed by atoms with E-state index in [1.807, 2.05) is 6.07 Å². The summed E-state index contributed by atoms with van der Waals surface area (Å²) in [5, 5.41) is 16.7. The number of carbonyl (C=O) groups is 1. The van der Waals surface area contributed by atoms with Gasteiger partial charge in [-0.25, -0.2) is 5.01 Å². The fourth-order valence-electron chi connectivity index (χ4n) is 3.75. The number of carbonyl (C=O) groups excluding carboxylic acids is 1. The van der Waals surface area contributed by atoms with E-state index in [2.05, 4.69) is 27.1 Å². The average molecular weight is 423 g/mol. The third-order valence-electron chi connectivity index (χ3n) is 5.20. The Morgan fingerprint density at radius 1 is 1.23 bits per heavy atom. The monoisotopic (exact) mass is 423 g/mol. The molecule has 0 saturated heterocycles. The number of hydrogen-bond donors (Lipinski definition) is 0. The lowest BCUT2D eigenvalue weighted by molar-refractivity contribution is -0.384. The smallest absolute Gasteiger partial charge is 0.301 e. The van der Waals surface area contributed by atoms with Crippen molar-refractivity contribution in [1.82, 2.24) is 5.01 Å². The van der Waals surface area contributed by atoms with Crippen molar-refractivity contribution in [1.29, 1.82) is 0 Å².